The lowest BCUT2D eigenvalue weighted by Crippen LogP contribution is -2.13. The number of aromatic amines is 2. The molecule has 0 radical (unpaired) electrons. The summed E-state index contributed by atoms with van der Waals surface area (Å²) in [6.07, 6.45) is 1.06. The van der Waals surface area contributed by atoms with E-state index in [2.05, 4.69) is 15.0 Å². The van der Waals surface area contributed by atoms with Crippen LogP contribution >= 0.6 is 23.6 Å². The molecule has 2 aromatic heterocycles. The Hall–Kier alpha value is -2.79. The number of esters is 2. The van der Waals surface area contributed by atoms with Crippen molar-refractivity contribution in [2.75, 3.05) is 13.7 Å². The second-order valence-corrected chi connectivity index (χ2v) is 6.28. The van der Waals surface area contributed by atoms with Crippen molar-refractivity contribution in [3.8, 4) is 5.88 Å². The summed E-state index contributed by atoms with van der Waals surface area (Å²) in [5.41, 5.74) is -0.402. The quantitative estimate of drug-likeness (QED) is 0.400. The van der Waals surface area contributed by atoms with Crippen LogP contribution in [0.15, 0.2) is 9.79 Å². The van der Waals surface area contributed by atoms with Crippen LogP contribution in [0.1, 0.15) is 38.1 Å². The van der Waals surface area contributed by atoms with Crippen molar-refractivity contribution in [2.45, 2.75) is 13.8 Å². The predicted molar refractivity (Wildman–Crippen MR) is 97.5 cm³/mol. The van der Waals surface area contributed by atoms with E-state index in [0.29, 0.717) is 5.56 Å². The van der Waals surface area contributed by atoms with Crippen LogP contribution < -0.4 is 5.56 Å². The normalized spacial score (nSPS) is 10.9. The van der Waals surface area contributed by atoms with Crippen molar-refractivity contribution >= 4 is 46.7 Å². The first kappa shape index (κ1) is 19.5. The van der Waals surface area contributed by atoms with Crippen LogP contribution in [-0.4, -0.2) is 46.9 Å². The zero-order valence-electron chi connectivity index (χ0n) is 14.0. The van der Waals surface area contributed by atoms with Gasteiger partial charge in [-0.05, 0) is 31.6 Å². The molecule has 0 amide bonds. The van der Waals surface area contributed by atoms with Gasteiger partial charge in [-0.2, -0.15) is 0 Å². The van der Waals surface area contributed by atoms with E-state index < -0.39 is 23.4 Å². The summed E-state index contributed by atoms with van der Waals surface area (Å²) in [5.74, 6) is -1.75. The van der Waals surface area contributed by atoms with Crippen LogP contribution in [0.3, 0.4) is 0 Å². The fourth-order valence-corrected chi connectivity index (χ4v) is 3.27. The Balaban J connectivity index is 2.57. The van der Waals surface area contributed by atoms with Crippen molar-refractivity contribution in [3.63, 3.8) is 0 Å². The van der Waals surface area contributed by atoms with Gasteiger partial charge in [-0.25, -0.2) is 14.6 Å². The van der Waals surface area contributed by atoms with Gasteiger partial charge in [0.25, 0.3) is 5.56 Å². The van der Waals surface area contributed by atoms with Crippen LogP contribution in [0.2, 0.25) is 0 Å². The van der Waals surface area contributed by atoms with Gasteiger partial charge in [0, 0.05) is 6.21 Å². The highest BCUT2D eigenvalue weighted by Gasteiger charge is 2.25. The minimum absolute atomic E-state index is 0.0449. The number of nitrogens with zero attached hydrogens (tertiary/aromatic N) is 1. The third-order valence-electron chi connectivity index (χ3n) is 3.25. The van der Waals surface area contributed by atoms with E-state index in [9.17, 15) is 19.5 Å². The SMILES string of the molecule is CCOC(=O)c1sc(/N=C/c2c(O)[nH]c(=S)[nH]c2=O)c(C(=O)OC)c1C. The maximum Gasteiger partial charge on any atom is 0.348 e. The van der Waals surface area contributed by atoms with Gasteiger partial charge in [0.05, 0.1) is 13.7 Å². The van der Waals surface area contributed by atoms with Gasteiger partial charge >= 0.3 is 11.9 Å². The lowest BCUT2D eigenvalue weighted by Gasteiger charge is -2.01. The average Bonchev–Trinajstić information content (AvgIpc) is 2.90. The average molecular weight is 397 g/mol. The molecule has 0 aliphatic rings. The van der Waals surface area contributed by atoms with Crippen molar-refractivity contribution in [1.82, 2.24) is 9.97 Å². The summed E-state index contributed by atoms with van der Waals surface area (Å²) in [5, 5.41) is 9.93. The number of H-pyrrole nitrogens is 2. The number of carbonyl (C=O) groups is 2. The van der Waals surface area contributed by atoms with Gasteiger partial charge < -0.3 is 19.6 Å². The number of rotatable bonds is 5. The minimum atomic E-state index is -0.688. The number of aliphatic imine (C=N–C) groups is 1. The molecule has 0 unspecified atom stereocenters. The standard InChI is InChI=1S/C15H15N3O6S2/c1-4-24-14(22)9-6(2)8(13(21)23-3)12(26-9)16-5-7-10(19)17-15(25)18-11(7)20/h5H,4H2,1-3H3,(H3,17,18,19,20,25)/b16-5+. The summed E-state index contributed by atoms with van der Waals surface area (Å²) < 4.78 is 9.65. The highest BCUT2D eigenvalue weighted by molar-refractivity contribution is 7.71. The Labute approximate surface area is 156 Å². The molecule has 138 valence electrons. The molecule has 2 heterocycles. The number of nitrogens with one attached hydrogen (secondary N) is 2. The third-order valence-corrected chi connectivity index (χ3v) is 4.63. The molecule has 0 aromatic carbocycles. The van der Waals surface area contributed by atoms with Gasteiger partial charge in [-0.3, -0.25) is 9.78 Å². The number of carbonyl (C=O) groups excluding carboxylic acids is 2. The van der Waals surface area contributed by atoms with Crippen LogP contribution in [0, 0.1) is 11.7 Å². The third kappa shape index (κ3) is 3.89. The molecule has 9 nitrogen and oxygen atoms in total. The molecule has 2 aromatic rings. The van der Waals surface area contributed by atoms with Gasteiger partial charge in [-0.1, -0.05) is 0 Å². The fraction of sp³-hybridized carbons (Fsp3) is 0.267. The summed E-state index contributed by atoms with van der Waals surface area (Å²) in [6, 6.07) is 0. The summed E-state index contributed by atoms with van der Waals surface area (Å²) in [7, 11) is 1.20. The number of methoxy groups -OCH3 is 1. The zero-order valence-corrected chi connectivity index (χ0v) is 15.7. The fourth-order valence-electron chi connectivity index (χ4n) is 2.05. The lowest BCUT2D eigenvalue weighted by molar-refractivity contribution is 0.0531. The highest BCUT2D eigenvalue weighted by Crippen LogP contribution is 2.36. The molecule has 0 aliphatic heterocycles. The molecule has 0 saturated carbocycles. The van der Waals surface area contributed by atoms with E-state index in [-0.39, 0.29) is 32.4 Å². The number of hydrogen-bond donors (Lipinski definition) is 3. The molecule has 2 rings (SSSR count). The summed E-state index contributed by atoms with van der Waals surface area (Å²) in [6.45, 7) is 3.41. The first-order chi connectivity index (χ1) is 12.3. The number of thiophene rings is 1. The van der Waals surface area contributed by atoms with E-state index in [1.807, 2.05) is 0 Å². The van der Waals surface area contributed by atoms with Crippen molar-refractivity contribution < 1.29 is 24.2 Å². The molecule has 0 saturated heterocycles. The van der Waals surface area contributed by atoms with E-state index >= 15 is 0 Å². The first-order valence-corrected chi connectivity index (χ1v) is 8.51. The van der Waals surface area contributed by atoms with E-state index in [1.165, 1.54) is 7.11 Å². The molecule has 0 atom stereocenters. The molecule has 0 spiro atoms. The Kier molecular flexibility index (Phi) is 6.05. The molecular formula is C15H15N3O6S2. The van der Waals surface area contributed by atoms with E-state index in [4.69, 9.17) is 21.7 Å². The Morgan fingerprint density at radius 3 is 2.62 bits per heavy atom. The molecular weight excluding hydrogens is 382 g/mol. The van der Waals surface area contributed by atoms with E-state index in [0.717, 1.165) is 17.6 Å². The van der Waals surface area contributed by atoms with Crippen molar-refractivity contribution in [2.24, 2.45) is 4.99 Å². The second-order valence-electron chi connectivity index (χ2n) is 4.88. The highest BCUT2D eigenvalue weighted by atomic mass is 32.1. The van der Waals surface area contributed by atoms with Gasteiger partial charge in [-0.15, -0.1) is 11.3 Å². The molecule has 0 aliphatic carbocycles. The lowest BCUT2D eigenvalue weighted by atomic mass is 10.1. The van der Waals surface area contributed by atoms with Gasteiger partial charge in [0.1, 0.15) is 21.0 Å². The maximum absolute atomic E-state index is 12.1. The zero-order chi connectivity index (χ0) is 19.4. The molecule has 0 fully saturated rings. The van der Waals surface area contributed by atoms with Gasteiger partial charge in [0.15, 0.2) is 4.77 Å². The molecule has 0 bridgehead atoms. The summed E-state index contributed by atoms with van der Waals surface area (Å²) in [4.78, 5) is 44.9. The maximum atomic E-state index is 12.1. The van der Waals surface area contributed by atoms with Crippen LogP contribution in [0.4, 0.5) is 5.00 Å². The smallest absolute Gasteiger partial charge is 0.348 e. The van der Waals surface area contributed by atoms with Gasteiger partial charge in [0.2, 0.25) is 5.88 Å². The Morgan fingerprint density at radius 2 is 2.04 bits per heavy atom. The number of aromatic hydroxyl groups is 1. The molecule has 11 heteroatoms. The molecule has 26 heavy (non-hydrogen) atoms. The van der Waals surface area contributed by atoms with Crippen molar-refractivity contribution in [1.29, 1.82) is 0 Å². The second kappa shape index (κ2) is 8.06. The first-order valence-electron chi connectivity index (χ1n) is 7.28. The topological polar surface area (TPSA) is 134 Å². The Morgan fingerprint density at radius 1 is 1.35 bits per heavy atom. The van der Waals surface area contributed by atoms with Crippen LogP contribution in [-0.2, 0) is 9.47 Å². The molecule has 3 N–H and O–H groups in total. The summed E-state index contributed by atoms with van der Waals surface area (Å²) >= 11 is 5.66. The van der Waals surface area contributed by atoms with E-state index in [1.54, 1.807) is 13.8 Å². The van der Waals surface area contributed by atoms with Crippen molar-refractivity contribution in [3.05, 3.63) is 36.7 Å². The predicted octanol–water partition coefficient (Wildman–Crippen LogP) is 2.22. The number of hydrogen-bond acceptors (Lipinski definition) is 9. The van der Waals surface area contributed by atoms with Crippen LogP contribution in [0.25, 0.3) is 0 Å². The number of ether oxygens (including phenoxy) is 2. The van der Waals surface area contributed by atoms with Crippen LogP contribution in [0.5, 0.6) is 5.88 Å². The monoisotopic (exact) mass is 397 g/mol. The minimum Gasteiger partial charge on any atom is -0.494 e. The largest absolute Gasteiger partial charge is 0.494 e. The Bertz CT molecular complexity index is 1000. The number of aromatic nitrogens is 2.